The smallest absolute Gasteiger partial charge is 0.263 e. The Balaban J connectivity index is 2.29. The Hall–Kier alpha value is -1.55. The van der Waals surface area contributed by atoms with Gasteiger partial charge in [0.1, 0.15) is 4.88 Å². The molecule has 1 heterocycles. The van der Waals surface area contributed by atoms with E-state index in [1.54, 1.807) is 0 Å². The second-order valence-electron chi connectivity index (χ2n) is 5.49. The predicted octanol–water partition coefficient (Wildman–Crippen LogP) is 3.96. The summed E-state index contributed by atoms with van der Waals surface area (Å²) in [6.45, 7) is 8.34. The van der Waals surface area contributed by atoms with Crippen LogP contribution in [0.25, 0.3) is 10.1 Å². The third-order valence-electron chi connectivity index (χ3n) is 3.94. The number of nitrogen functional groups attached to an aromatic ring is 1. The molecule has 0 aliphatic heterocycles. The minimum absolute atomic E-state index is 0.0610. The molecule has 4 heteroatoms. The number of hydrogen-bond donors (Lipinski definition) is 2. The van der Waals surface area contributed by atoms with E-state index in [1.165, 1.54) is 11.3 Å². The van der Waals surface area contributed by atoms with Crippen molar-refractivity contribution in [1.29, 1.82) is 0 Å². The molecule has 2 rings (SSSR count). The fraction of sp³-hybridized carbons (Fsp3) is 0.438. The quantitative estimate of drug-likeness (QED) is 0.895. The largest absolute Gasteiger partial charge is 0.397 e. The zero-order chi connectivity index (χ0) is 14.9. The van der Waals surface area contributed by atoms with E-state index in [0.717, 1.165) is 22.1 Å². The van der Waals surface area contributed by atoms with Crippen LogP contribution in [0.1, 0.15) is 42.4 Å². The highest BCUT2D eigenvalue weighted by Gasteiger charge is 2.19. The lowest BCUT2D eigenvalue weighted by atomic mass is 10.0. The number of nitrogens with two attached hydrogens (primary N) is 1. The Labute approximate surface area is 124 Å². The van der Waals surface area contributed by atoms with Gasteiger partial charge in [-0.2, -0.15) is 0 Å². The molecule has 20 heavy (non-hydrogen) atoms. The molecule has 1 aromatic heterocycles. The van der Waals surface area contributed by atoms with Gasteiger partial charge in [0, 0.05) is 16.1 Å². The molecule has 0 aliphatic rings. The van der Waals surface area contributed by atoms with Crippen molar-refractivity contribution in [2.45, 2.75) is 40.2 Å². The second-order valence-corrected chi connectivity index (χ2v) is 6.54. The Morgan fingerprint density at radius 1 is 1.40 bits per heavy atom. The molecule has 0 spiro atoms. The number of hydrogen-bond acceptors (Lipinski definition) is 3. The van der Waals surface area contributed by atoms with E-state index in [-0.39, 0.29) is 11.9 Å². The zero-order valence-corrected chi connectivity index (χ0v) is 13.3. The van der Waals surface area contributed by atoms with Gasteiger partial charge >= 0.3 is 0 Å². The van der Waals surface area contributed by atoms with Crippen molar-refractivity contribution in [3.8, 4) is 0 Å². The number of thiophene rings is 1. The van der Waals surface area contributed by atoms with Gasteiger partial charge in [0.15, 0.2) is 0 Å². The molecule has 1 amide bonds. The summed E-state index contributed by atoms with van der Waals surface area (Å²) < 4.78 is 1.06. The number of fused-ring (bicyclic) bond motifs is 1. The summed E-state index contributed by atoms with van der Waals surface area (Å²) in [4.78, 5) is 13.0. The van der Waals surface area contributed by atoms with Gasteiger partial charge < -0.3 is 11.1 Å². The Kier molecular flexibility index (Phi) is 4.33. The maximum atomic E-state index is 12.4. The van der Waals surface area contributed by atoms with Crippen LogP contribution in [0.4, 0.5) is 5.69 Å². The summed E-state index contributed by atoms with van der Waals surface area (Å²) >= 11 is 1.46. The Morgan fingerprint density at radius 2 is 2.10 bits per heavy atom. The Bertz CT molecular complexity index is 633. The molecule has 2 aromatic rings. The summed E-state index contributed by atoms with van der Waals surface area (Å²) in [5.74, 6) is 0.394. The number of carbonyl (C=O) groups is 1. The van der Waals surface area contributed by atoms with Crippen molar-refractivity contribution in [2.75, 3.05) is 5.73 Å². The van der Waals surface area contributed by atoms with Gasteiger partial charge in [-0.1, -0.05) is 31.9 Å². The third-order valence-corrected chi connectivity index (χ3v) is 5.13. The van der Waals surface area contributed by atoms with Gasteiger partial charge in [0.05, 0.1) is 5.69 Å². The molecule has 3 N–H and O–H groups in total. The normalized spacial score (nSPS) is 14.2. The highest BCUT2D eigenvalue weighted by molar-refractivity contribution is 7.21. The molecule has 2 atom stereocenters. The van der Waals surface area contributed by atoms with Crippen LogP contribution < -0.4 is 11.1 Å². The highest BCUT2D eigenvalue weighted by atomic mass is 32.1. The zero-order valence-electron chi connectivity index (χ0n) is 12.5. The van der Waals surface area contributed by atoms with Crippen LogP contribution in [0, 0.1) is 12.8 Å². The summed E-state index contributed by atoms with van der Waals surface area (Å²) in [6.07, 6.45) is 1.04. The van der Waals surface area contributed by atoms with E-state index >= 15 is 0 Å². The molecule has 1 aromatic carbocycles. The lowest BCUT2D eigenvalue weighted by molar-refractivity contribution is 0.0933. The average molecular weight is 290 g/mol. The molecule has 0 radical (unpaired) electrons. The lowest BCUT2D eigenvalue weighted by Crippen LogP contribution is -2.36. The summed E-state index contributed by atoms with van der Waals surface area (Å²) in [5.41, 5.74) is 7.90. The van der Waals surface area contributed by atoms with Crippen molar-refractivity contribution < 1.29 is 4.79 Å². The van der Waals surface area contributed by atoms with E-state index in [9.17, 15) is 4.79 Å². The minimum atomic E-state index is -0.0610. The van der Waals surface area contributed by atoms with E-state index in [2.05, 4.69) is 19.2 Å². The highest BCUT2D eigenvalue weighted by Crippen LogP contribution is 2.34. The number of benzene rings is 1. The number of anilines is 1. The van der Waals surface area contributed by atoms with E-state index in [0.29, 0.717) is 16.5 Å². The fourth-order valence-electron chi connectivity index (χ4n) is 2.17. The minimum Gasteiger partial charge on any atom is -0.397 e. The van der Waals surface area contributed by atoms with Crippen LogP contribution >= 0.6 is 11.3 Å². The van der Waals surface area contributed by atoms with E-state index in [4.69, 9.17) is 5.73 Å². The second kappa shape index (κ2) is 5.83. The first-order chi connectivity index (χ1) is 9.43. The van der Waals surface area contributed by atoms with Crippen molar-refractivity contribution >= 4 is 33.0 Å². The summed E-state index contributed by atoms with van der Waals surface area (Å²) in [5, 5.41) is 4.04. The maximum Gasteiger partial charge on any atom is 0.263 e. The molecule has 108 valence electrons. The first kappa shape index (κ1) is 14.9. The first-order valence-corrected chi connectivity index (χ1v) is 7.85. The standard InChI is InChI=1S/C16H22N2OS/c1-5-10(3)11(4)18-16(19)15-14(17)12-8-9(2)6-7-13(12)20-15/h6-8,10-11H,5,17H2,1-4H3,(H,18,19). The van der Waals surface area contributed by atoms with Crippen LogP contribution in [0.3, 0.4) is 0 Å². The molecular formula is C16H22N2OS. The van der Waals surface area contributed by atoms with Crippen molar-refractivity contribution in [3.05, 3.63) is 28.6 Å². The van der Waals surface area contributed by atoms with Crippen LogP contribution in [-0.2, 0) is 0 Å². The van der Waals surface area contributed by atoms with Gasteiger partial charge in [-0.3, -0.25) is 4.79 Å². The monoisotopic (exact) mass is 290 g/mol. The van der Waals surface area contributed by atoms with Crippen LogP contribution in [0.5, 0.6) is 0 Å². The molecule has 0 aliphatic carbocycles. The van der Waals surface area contributed by atoms with Crippen LogP contribution in [0.15, 0.2) is 18.2 Å². The summed E-state index contributed by atoms with van der Waals surface area (Å²) in [7, 11) is 0. The molecule has 0 saturated carbocycles. The number of rotatable bonds is 4. The molecule has 0 bridgehead atoms. The fourth-order valence-corrected chi connectivity index (χ4v) is 3.17. The Morgan fingerprint density at radius 3 is 2.75 bits per heavy atom. The predicted molar refractivity (Wildman–Crippen MR) is 87.4 cm³/mol. The molecule has 0 fully saturated rings. The number of amides is 1. The van der Waals surface area contributed by atoms with Crippen molar-refractivity contribution in [3.63, 3.8) is 0 Å². The molecule has 0 saturated heterocycles. The SMILES string of the molecule is CCC(C)C(C)NC(=O)c1sc2ccc(C)cc2c1N. The van der Waals surface area contributed by atoms with Crippen molar-refractivity contribution in [2.24, 2.45) is 5.92 Å². The lowest BCUT2D eigenvalue weighted by Gasteiger charge is -2.19. The number of nitrogens with one attached hydrogen (secondary N) is 1. The topological polar surface area (TPSA) is 55.1 Å². The first-order valence-electron chi connectivity index (χ1n) is 7.03. The van der Waals surface area contributed by atoms with Gasteiger partial charge in [-0.15, -0.1) is 11.3 Å². The van der Waals surface area contributed by atoms with Crippen LogP contribution in [-0.4, -0.2) is 11.9 Å². The maximum absolute atomic E-state index is 12.4. The average Bonchev–Trinajstić information content (AvgIpc) is 2.75. The van der Waals surface area contributed by atoms with E-state index < -0.39 is 0 Å². The van der Waals surface area contributed by atoms with Gasteiger partial charge in [-0.05, 0) is 31.9 Å². The van der Waals surface area contributed by atoms with Gasteiger partial charge in [-0.25, -0.2) is 0 Å². The molecule has 2 unspecified atom stereocenters. The van der Waals surface area contributed by atoms with Gasteiger partial charge in [0.25, 0.3) is 5.91 Å². The van der Waals surface area contributed by atoms with Gasteiger partial charge in [0.2, 0.25) is 0 Å². The molecular weight excluding hydrogens is 268 g/mol. The molecule has 3 nitrogen and oxygen atoms in total. The van der Waals surface area contributed by atoms with Crippen LogP contribution in [0.2, 0.25) is 0 Å². The number of carbonyl (C=O) groups excluding carboxylic acids is 1. The summed E-state index contributed by atoms with van der Waals surface area (Å²) in [6, 6.07) is 6.26. The van der Waals surface area contributed by atoms with E-state index in [1.807, 2.05) is 32.0 Å². The third kappa shape index (κ3) is 2.80. The van der Waals surface area contributed by atoms with Crippen molar-refractivity contribution in [1.82, 2.24) is 5.32 Å². The number of aryl methyl sites for hydroxylation is 1.